The molecule has 0 N–H and O–H groups in total. The Morgan fingerprint density at radius 2 is 1.61 bits per heavy atom. The van der Waals surface area contributed by atoms with Gasteiger partial charge in [-0.25, -0.2) is 4.79 Å². The fraction of sp³-hybridized carbons (Fsp3) is 0.188. The Balaban J connectivity index is 2.28. The molecule has 0 aliphatic carbocycles. The summed E-state index contributed by atoms with van der Waals surface area (Å²) in [5, 5.41) is 0. The lowest BCUT2D eigenvalue weighted by atomic mass is 10.0. The average Bonchev–Trinajstić information content (AvgIpc) is 2.39. The normalized spacial score (nSPS) is 10.4. The first kappa shape index (κ1) is 12.4. The van der Waals surface area contributed by atoms with E-state index >= 15 is 0 Å². The highest BCUT2D eigenvalue weighted by Crippen LogP contribution is 2.20. The van der Waals surface area contributed by atoms with Crippen molar-refractivity contribution >= 4 is 5.97 Å². The molecule has 0 atom stereocenters. The molecule has 0 bridgehead atoms. The molecule has 2 aromatic carbocycles. The van der Waals surface area contributed by atoms with Gasteiger partial charge >= 0.3 is 5.97 Å². The fourth-order valence-electron chi connectivity index (χ4n) is 1.74. The molecule has 2 rings (SSSR count). The molecule has 0 aliphatic rings. The molecule has 0 aliphatic heterocycles. The van der Waals surface area contributed by atoms with E-state index in [-0.39, 0.29) is 12.1 Å². The summed E-state index contributed by atoms with van der Waals surface area (Å²) < 4.78 is 5.19. The van der Waals surface area contributed by atoms with E-state index < -0.39 is 0 Å². The van der Waals surface area contributed by atoms with Crippen LogP contribution in [-0.4, -0.2) is 12.1 Å². The molecule has 2 nitrogen and oxygen atoms in total. The Morgan fingerprint density at radius 1 is 0.944 bits per heavy atom. The van der Waals surface area contributed by atoms with Crippen LogP contribution in [0.1, 0.15) is 24.2 Å². The van der Waals surface area contributed by atoms with Crippen LogP contribution in [0.3, 0.4) is 0 Å². The van der Waals surface area contributed by atoms with E-state index in [4.69, 9.17) is 4.74 Å². The van der Waals surface area contributed by atoms with Gasteiger partial charge in [0, 0.05) is 0 Å². The van der Waals surface area contributed by atoms with Crippen molar-refractivity contribution in [3.8, 4) is 11.1 Å². The van der Waals surface area contributed by atoms with Crippen LogP contribution in [0.25, 0.3) is 11.1 Å². The third kappa shape index (κ3) is 2.98. The second kappa shape index (κ2) is 5.50. The second-order valence-corrected chi connectivity index (χ2v) is 4.40. The van der Waals surface area contributed by atoms with Crippen molar-refractivity contribution < 1.29 is 9.53 Å². The van der Waals surface area contributed by atoms with Crippen LogP contribution >= 0.6 is 0 Å². The lowest BCUT2D eigenvalue weighted by molar-refractivity contribution is 0.0378. The zero-order valence-corrected chi connectivity index (χ0v) is 10.6. The first-order chi connectivity index (χ1) is 8.66. The smallest absolute Gasteiger partial charge is 0.338 e. The van der Waals surface area contributed by atoms with Crippen LogP contribution in [0.4, 0.5) is 0 Å². The largest absolute Gasteiger partial charge is 0.459 e. The molecule has 0 amide bonds. The molecule has 0 unspecified atom stereocenters. The Labute approximate surface area is 107 Å². The van der Waals surface area contributed by atoms with Crippen LogP contribution in [0.2, 0.25) is 0 Å². The molecular formula is C16H16O2. The van der Waals surface area contributed by atoms with E-state index in [1.54, 1.807) is 6.07 Å². The number of rotatable bonds is 3. The number of esters is 1. The second-order valence-electron chi connectivity index (χ2n) is 4.40. The van der Waals surface area contributed by atoms with Crippen LogP contribution < -0.4 is 0 Å². The van der Waals surface area contributed by atoms with Gasteiger partial charge in [-0.05, 0) is 37.1 Å². The molecule has 18 heavy (non-hydrogen) atoms. The molecule has 92 valence electrons. The Morgan fingerprint density at radius 3 is 2.28 bits per heavy atom. The van der Waals surface area contributed by atoms with Crippen molar-refractivity contribution in [3.63, 3.8) is 0 Å². The highest BCUT2D eigenvalue weighted by molar-refractivity contribution is 5.91. The van der Waals surface area contributed by atoms with Crippen LogP contribution in [-0.2, 0) is 4.74 Å². The number of hydrogen-bond donors (Lipinski definition) is 0. The van der Waals surface area contributed by atoms with Crippen molar-refractivity contribution in [2.75, 3.05) is 0 Å². The minimum Gasteiger partial charge on any atom is -0.459 e. The van der Waals surface area contributed by atoms with E-state index in [1.165, 1.54) is 0 Å². The van der Waals surface area contributed by atoms with Gasteiger partial charge in [0.25, 0.3) is 0 Å². The quantitative estimate of drug-likeness (QED) is 0.760. The standard InChI is InChI=1S/C16H16O2/c1-12(2)18-16(17)15-10-6-9-14(11-15)13-7-4-3-5-8-13/h3-12H,1-2H3. The third-order valence-electron chi connectivity index (χ3n) is 2.55. The maximum Gasteiger partial charge on any atom is 0.338 e. The van der Waals surface area contributed by atoms with Gasteiger partial charge in [-0.2, -0.15) is 0 Å². The van der Waals surface area contributed by atoms with E-state index in [1.807, 2.05) is 62.4 Å². The molecule has 0 fully saturated rings. The highest BCUT2D eigenvalue weighted by atomic mass is 16.5. The Bertz CT molecular complexity index is 530. The summed E-state index contributed by atoms with van der Waals surface area (Å²) >= 11 is 0. The minimum atomic E-state index is -0.275. The predicted molar refractivity (Wildman–Crippen MR) is 72.4 cm³/mol. The van der Waals surface area contributed by atoms with Crippen LogP contribution in [0.5, 0.6) is 0 Å². The summed E-state index contributed by atoms with van der Waals surface area (Å²) in [6, 6.07) is 17.5. The maximum absolute atomic E-state index is 11.8. The third-order valence-corrected chi connectivity index (χ3v) is 2.55. The van der Waals surface area contributed by atoms with Crippen LogP contribution in [0, 0.1) is 0 Å². The zero-order chi connectivity index (χ0) is 13.0. The molecule has 0 aromatic heterocycles. The van der Waals surface area contributed by atoms with Crippen molar-refractivity contribution in [2.45, 2.75) is 20.0 Å². The maximum atomic E-state index is 11.8. The van der Waals surface area contributed by atoms with E-state index in [0.29, 0.717) is 5.56 Å². The molecule has 2 heteroatoms. The first-order valence-electron chi connectivity index (χ1n) is 6.03. The highest BCUT2D eigenvalue weighted by Gasteiger charge is 2.09. The van der Waals surface area contributed by atoms with E-state index in [9.17, 15) is 4.79 Å². The molecule has 0 saturated carbocycles. The summed E-state index contributed by atoms with van der Waals surface area (Å²) in [6.45, 7) is 3.69. The molecule has 0 heterocycles. The van der Waals surface area contributed by atoms with Gasteiger partial charge < -0.3 is 4.74 Å². The predicted octanol–water partition coefficient (Wildman–Crippen LogP) is 3.92. The van der Waals surface area contributed by atoms with Crippen molar-refractivity contribution in [3.05, 3.63) is 60.2 Å². The SMILES string of the molecule is CC(C)OC(=O)c1cccc(-c2ccccc2)c1. The van der Waals surface area contributed by atoms with E-state index in [2.05, 4.69) is 0 Å². The average molecular weight is 240 g/mol. The summed E-state index contributed by atoms with van der Waals surface area (Å²) in [5.41, 5.74) is 2.70. The summed E-state index contributed by atoms with van der Waals surface area (Å²) in [5.74, 6) is -0.275. The topological polar surface area (TPSA) is 26.3 Å². The number of benzene rings is 2. The van der Waals surface area contributed by atoms with Crippen molar-refractivity contribution in [2.24, 2.45) is 0 Å². The van der Waals surface area contributed by atoms with Crippen molar-refractivity contribution in [1.29, 1.82) is 0 Å². The number of carbonyl (C=O) groups excluding carboxylic acids is 1. The summed E-state index contributed by atoms with van der Waals surface area (Å²) in [6.07, 6.45) is -0.0992. The summed E-state index contributed by atoms with van der Waals surface area (Å²) in [7, 11) is 0. The first-order valence-corrected chi connectivity index (χ1v) is 6.03. The fourth-order valence-corrected chi connectivity index (χ4v) is 1.74. The number of hydrogen-bond acceptors (Lipinski definition) is 2. The lowest BCUT2D eigenvalue weighted by Crippen LogP contribution is -2.11. The van der Waals surface area contributed by atoms with Crippen molar-refractivity contribution in [1.82, 2.24) is 0 Å². The Kier molecular flexibility index (Phi) is 3.78. The molecule has 2 aromatic rings. The van der Waals surface area contributed by atoms with Gasteiger partial charge in [-0.15, -0.1) is 0 Å². The van der Waals surface area contributed by atoms with Gasteiger partial charge in [0.1, 0.15) is 0 Å². The molecule has 0 radical (unpaired) electrons. The van der Waals surface area contributed by atoms with Gasteiger partial charge in [0.15, 0.2) is 0 Å². The van der Waals surface area contributed by atoms with Gasteiger partial charge in [0.2, 0.25) is 0 Å². The van der Waals surface area contributed by atoms with Gasteiger partial charge in [-0.1, -0.05) is 42.5 Å². The minimum absolute atomic E-state index is 0.0992. The van der Waals surface area contributed by atoms with Gasteiger partial charge in [-0.3, -0.25) is 0 Å². The van der Waals surface area contributed by atoms with Crippen LogP contribution in [0.15, 0.2) is 54.6 Å². The molecule has 0 saturated heterocycles. The number of ether oxygens (including phenoxy) is 1. The summed E-state index contributed by atoms with van der Waals surface area (Å²) in [4.78, 5) is 11.8. The van der Waals surface area contributed by atoms with E-state index in [0.717, 1.165) is 11.1 Å². The Hall–Kier alpha value is -2.09. The monoisotopic (exact) mass is 240 g/mol. The zero-order valence-electron chi connectivity index (χ0n) is 10.6. The molecule has 0 spiro atoms. The lowest BCUT2D eigenvalue weighted by Gasteiger charge is -2.09. The molecular weight excluding hydrogens is 224 g/mol. The number of carbonyl (C=O) groups is 1. The van der Waals surface area contributed by atoms with Gasteiger partial charge in [0.05, 0.1) is 11.7 Å².